The molecular formula is C14H20N2S2. The molecule has 0 bridgehead atoms. The molecule has 1 aromatic carbocycles. The Labute approximate surface area is 118 Å². The Morgan fingerprint density at radius 3 is 2.61 bits per heavy atom. The molecule has 1 aliphatic carbocycles. The number of hydrogen-bond donors (Lipinski definition) is 2. The van der Waals surface area contributed by atoms with Gasteiger partial charge < -0.3 is 5.73 Å². The number of thioether (sulfide) groups is 2. The van der Waals surface area contributed by atoms with Crippen LogP contribution in [0.25, 0.3) is 0 Å². The molecule has 1 aromatic rings. The lowest BCUT2D eigenvalue weighted by molar-refractivity contribution is 0.886. The Morgan fingerprint density at radius 2 is 2.00 bits per heavy atom. The van der Waals surface area contributed by atoms with Crippen LogP contribution < -0.4 is 5.73 Å². The third-order valence-corrected chi connectivity index (χ3v) is 5.49. The van der Waals surface area contributed by atoms with E-state index in [9.17, 15) is 0 Å². The molecule has 0 heterocycles. The third kappa shape index (κ3) is 3.23. The number of benzene rings is 1. The topological polar surface area (TPSA) is 49.9 Å². The first-order valence-electron chi connectivity index (χ1n) is 6.49. The maximum atomic E-state index is 7.82. The molecule has 0 amide bonds. The first-order valence-corrected chi connectivity index (χ1v) is 8.35. The predicted octanol–water partition coefficient (Wildman–Crippen LogP) is 4.12. The monoisotopic (exact) mass is 280 g/mol. The van der Waals surface area contributed by atoms with Crippen LogP contribution in [-0.4, -0.2) is 16.8 Å². The van der Waals surface area contributed by atoms with E-state index in [4.69, 9.17) is 11.1 Å². The molecule has 0 spiro atoms. The van der Waals surface area contributed by atoms with Crippen molar-refractivity contribution in [3.8, 4) is 0 Å². The van der Waals surface area contributed by atoms with Crippen LogP contribution in [-0.2, 0) is 0 Å². The maximum absolute atomic E-state index is 7.82. The molecule has 2 nitrogen and oxygen atoms in total. The molecule has 18 heavy (non-hydrogen) atoms. The summed E-state index contributed by atoms with van der Waals surface area (Å²) in [6.07, 6.45) is 5.28. The molecule has 0 aromatic heterocycles. The summed E-state index contributed by atoms with van der Waals surface area (Å²) in [6, 6.07) is 6.27. The van der Waals surface area contributed by atoms with Crippen molar-refractivity contribution in [2.45, 2.75) is 47.6 Å². The van der Waals surface area contributed by atoms with E-state index < -0.39 is 0 Å². The van der Waals surface area contributed by atoms with E-state index in [1.807, 2.05) is 11.8 Å². The van der Waals surface area contributed by atoms with Crippen LogP contribution in [0.3, 0.4) is 0 Å². The van der Waals surface area contributed by atoms with Gasteiger partial charge in [-0.2, -0.15) is 0 Å². The molecule has 0 unspecified atom stereocenters. The largest absolute Gasteiger partial charge is 0.384 e. The van der Waals surface area contributed by atoms with Crippen molar-refractivity contribution < 1.29 is 0 Å². The highest BCUT2D eigenvalue weighted by molar-refractivity contribution is 8.00. The van der Waals surface area contributed by atoms with Crippen molar-refractivity contribution in [2.24, 2.45) is 5.73 Å². The maximum Gasteiger partial charge on any atom is 0.125 e. The fourth-order valence-electron chi connectivity index (χ4n) is 2.34. The van der Waals surface area contributed by atoms with Crippen molar-refractivity contribution in [3.05, 3.63) is 23.8 Å². The average Bonchev–Trinajstić information content (AvgIpc) is 2.82. The van der Waals surface area contributed by atoms with Gasteiger partial charge in [0.05, 0.1) is 0 Å². The van der Waals surface area contributed by atoms with Crippen LogP contribution >= 0.6 is 23.5 Å². The molecule has 0 saturated heterocycles. The lowest BCUT2D eigenvalue weighted by Crippen LogP contribution is -2.14. The smallest absolute Gasteiger partial charge is 0.125 e. The van der Waals surface area contributed by atoms with Crippen molar-refractivity contribution in [1.82, 2.24) is 0 Å². The van der Waals surface area contributed by atoms with Crippen LogP contribution in [0.1, 0.15) is 38.2 Å². The van der Waals surface area contributed by atoms with Crippen LogP contribution in [0, 0.1) is 5.41 Å². The van der Waals surface area contributed by atoms with Gasteiger partial charge in [-0.25, -0.2) is 0 Å². The van der Waals surface area contributed by atoms with Crippen LogP contribution in [0.5, 0.6) is 0 Å². The first-order chi connectivity index (χ1) is 8.72. The molecule has 0 aliphatic heterocycles. The SMILES string of the molecule is CCSc1cccc(SC2CCCC2)c1C(=N)N. The Kier molecular flexibility index (Phi) is 5.01. The zero-order chi connectivity index (χ0) is 13.0. The van der Waals surface area contributed by atoms with E-state index >= 15 is 0 Å². The fourth-order valence-corrected chi connectivity index (χ4v) is 4.67. The summed E-state index contributed by atoms with van der Waals surface area (Å²) in [7, 11) is 0. The second-order valence-electron chi connectivity index (χ2n) is 4.50. The quantitative estimate of drug-likeness (QED) is 0.484. The minimum absolute atomic E-state index is 0.201. The van der Waals surface area contributed by atoms with Gasteiger partial charge in [-0.3, -0.25) is 5.41 Å². The van der Waals surface area contributed by atoms with Gasteiger partial charge in [0.1, 0.15) is 5.84 Å². The van der Waals surface area contributed by atoms with Gasteiger partial charge >= 0.3 is 0 Å². The highest BCUT2D eigenvalue weighted by Crippen LogP contribution is 2.38. The number of nitrogens with one attached hydrogen (secondary N) is 1. The Balaban J connectivity index is 2.26. The van der Waals surface area contributed by atoms with Gasteiger partial charge in [-0.1, -0.05) is 25.8 Å². The summed E-state index contributed by atoms with van der Waals surface area (Å²) >= 11 is 3.68. The molecule has 4 heteroatoms. The lowest BCUT2D eigenvalue weighted by Gasteiger charge is -2.15. The highest BCUT2D eigenvalue weighted by atomic mass is 32.2. The van der Waals surface area contributed by atoms with Crippen LogP contribution in [0.2, 0.25) is 0 Å². The minimum Gasteiger partial charge on any atom is -0.384 e. The standard InChI is InChI=1S/C14H20N2S2/c1-2-17-11-8-5-9-12(13(11)14(15)16)18-10-6-3-4-7-10/h5,8-10H,2-4,6-7H2,1H3,(H3,15,16). The molecule has 0 radical (unpaired) electrons. The molecule has 1 aliphatic rings. The summed E-state index contributed by atoms with van der Waals surface area (Å²) < 4.78 is 0. The predicted molar refractivity (Wildman–Crippen MR) is 82.0 cm³/mol. The fraction of sp³-hybridized carbons (Fsp3) is 0.500. The minimum atomic E-state index is 0.201. The molecule has 1 saturated carbocycles. The number of hydrogen-bond acceptors (Lipinski definition) is 3. The van der Waals surface area contributed by atoms with Gasteiger partial charge in [0.25, 0.3) is 0 Å². The third-order valence-electron chi connectivity index (χ3n) is 3.15. The second-order valence-corrected chi connectivity index (χ2v) is 7.15. The summed E-state index contributed by atoms with van der Waals surface area (Å²) in [5.74, 6) is 1.21. The van der Waals surface area contributed by atoms with E-state index in [-0.39, 0.29) is 5.84 Å². The summed E-state index contributed by atoms with van der Waals surface area (Å²) in [5, 5.41) is 8.53. The highest BCUT2D eigenvalue weighted by Gasteiger charge is 2.19. The molecule has 3 N–H and O–H groups in total. The van der Waals surface area contributed by atoms with E-state index in [0.29, 0.717) is 5.25 Å². The summed E-state index contributed by atoms with van der Waals surface area (Å²) in [4.78, 5) is 2.33. The molecule has 98 valence electrons. The number of nitrogens with two attached hydrogens (primary N) is 1. The Morgan fingerprint density at radius 1 is 1.33 bits per heavy atom. The van der Waals surface area contributed by atoms with E-state index in [1.54, 1.807) is 11.8 Å². The Hall–Kier alpha value is -0.610. The summed E-state index contributed by atoms with van der Waals surface area (Å²) in [5.41, 5.74) is 6.72. The zero-order valence-electron chi connectivity index (χ0n) is 10.7. The van der Waals surface area contributed by atoms with Gasteiger partial charge in [-0.15, -0.1) is 23.5 Å². The van der Waals surface area contributed by atoms with Gasteiger partial charge in [-0.05, 0) is 30.7 Å². The van der Waals surface area contributed by atoms with Crippen molar-refractivity contribution in [2.75, 3.05) is 5.75 Å². The van der Waals surface area contributed by atoms with Gasteiger partial charge in [0.15, 0.2) is 0 Å². The van der Waals surface area contributed by atoms with Gasteiger partial charge in [0, 0.05) is 20.6 Å². The van der Waals surface area contributed by atoms with Crippen molar-refractivity contribution >= 4 is 29.4 Å². The van der Waals surface area contributed by atoms with Crippen LogP contribution in [0.4, 0.5) is 0 Å². The van der Waals surface area contributed by atoms with Gasteiger partial charge in [0.2, 0.25) is 0 Å². The number of amidine groups is 1. The number of nitrogen functional groups attached to an aromatic ring is 1. The van der Waals surface area contributed by atoms with Crippen molar-refractivity contribution in [3.63, 3.8) is 0 Å². The molecule has 2 rings (SSSR count). The number of rotatable bonds is 5. The molecule has 0 atom stereocenters. The molecule has 1 fully saturated rings. The Bertz CT molecular complexity index is 426. The summed E-state index contributed by atoms with van der Waals surface area (Å²) in [6.45, 7) is 2.13. The van der Waals surface area contributed by atoms with E-state index in [2.05, 4.69) is 25.1 Å². The zero-order valence-corrected chi connectivity index (χ0v) is 12.4. The first kappa shape index (κ1) is 13.8. The van der Waals surface area contributed by atoms with E-state index in [1.165, 1.54) is 30.6 Å². The van der Waals surface area contributed by atoms with Crippen molar-refractivity contribution in [1.29, 1.82) is 5.41 Å². The molecular weight excluding hydrogens is 260 g/mol. The average molecular weight is 280 g/mol. The van der Waals surface area contributed by atoms with E-state index in [0.717, 1.165) is 16.2 Å². The second kappa shape index (κ2) is 6.53. The lowest BCUT2D eigenvalue weighted by atomic mass is 10.2. The van der Waals surface area contributed by atoms with Crippen LogP contribution in [0.15, 0.2) is 28.0 Å². The normalized spacial score (nSPS) is 16.1.